The summed E-state index contributed by atoms with van der Waals surface area (Å²) in [5, 5.41) is 5.16. The molecule has 0 aliphatic rings. The molecule has 0 bridgehead atoms. The predicted octanol–water partition coefficient (Wildman–Crippen LogP) is 3.29. The van der Waals surface area contributed by atoms with Gasteiger partial charge in [0.2, 0.25) is 5.91 Å². The Morgan fingerprint density at radius 1 is 0.852 bits per heavy atom. The fourth-order valence-corrected chi connectivity index (χ4v) is 2.21. The van der Waals surface area contributed by atoms with E-state index in [-0.39, 0.29) is 12.8 Å². The molecule has 0 fully saturated rings. The molecule has 0 radical (unpaired) electrons. The Morgan fingerprint density at radius 3 is 2.00 bits per heavy atom. The summed E-state index contributed by atoms with van der Waals surface area (Å²) in [6.45, 7) is 1.61. The number of anilines is 2. The first-order valence-corrected chi connectivity index (χ1v) is 8.56. The van der Waals surface area contributed by atoms with Crippen molar-refractivity contribution in [2.45, 2.75) is 26.2 Å². The second-order valence-electron chi connectivity index (χ2n) is 5.81. The molecule has 0 unspecified atom stereocenters. The van der Waals surface area contributed by atoms with E-state index in [0.717, 1.165) is 12.0 Å². The van der Waals surface area contributed by atoms with Crippen molar-refractivity contribution in [1.29, 1.82) is 0 Å². The van der Waals surface area contributed by atoms with E-state index >= 15 is 0 Å². The van der Waals surface area contributed by atoms with Crippen LogP contribution in [0.5, 0.6) is 0 Å². The lowest BCUT2D eigenvalue weighted by atomic mass is 10.1. The largest absolute Gasteiger partial charge is 0.456 e. The number of halogens is 1. The number of aryl methyl sites for hydroxylation is 1. The first kappa shape index (κ1) is 20.1. The van der Waals surface area contributed by atoms with Gasteiger partial charge < -0.3 is 15.4 Å². The van der Waals surface area contributed by atoms with Gasteiger partial charge in [-0.2, -0.15) is 0 Å². The highest BCUT2D eigenvalue weighted by molar-refractivity contribution is 5.94. The van der Waals surface area contributed by atoms with E-state index < -0.39 is 30.2 Å². The summed E-state index contributed by atoms with van der Waals surface area (Å²) in [4.78, 5) is 35.2. The summed E-state index contributed by atoms with van der Waals surface area (Å²) in [5.41, 5.74) is 2.20. The molecule has 27 heavy (non-hydrogen) atoms. The Bertz CT molecular complexity index is 789. The van der Waals surface area contributed by atoms with Crippen LogP contribution in [0.25, 0.3) is 0 Å². The van der Waals surface area contributed by atoms with Gasteiger partial charge in [0.15, 0.2) is 6.61 Å². The van der Waals surface area contributed by atoms with Crippen LogP contribution in [-0.2, 0) is 25.5 Å². The number of ether oxygens (including phenoxy) is 1. The molecular formula is C20H21FN2O4. The van der Waals surface area contributed by atoms with Crippen molar-refractivity contribution in [2.75, 3.05) is 17.2 Å². The zero-order valence-electron chi connectivity index (χ0n) is 15.0. The minimum atomic E-state index is -0.652. The van der Waals surface area contributed by atoms with Gasteiger partial charge in [0.25, 0.3) is 5.91 Å². The number of carbonyl (C=O) groups excluding carboxylic acids is 3. The van der Waals surface area contributed by atoms with Crippen molar-refractivity contribution in [3.63, 3.8) is 0 Å². The van der Waals surface area contributed by atoms with Gasteiger partial charge in [-0.3, -0.25) is 14.4 Å². The molecule has 0 atom stereocenters. The molecule has 142 valence electrons. The van der Waals surface area contributed by atoms with Crippen LogP contribution in [0.3, 0.4) is 0 Å². The second-order valence-corrected chi connectivity index (χ2v) is 5.81. The maximum absolute atomic E-state index is 12.8. The lowest BCUT2D eigenvalue weighted by Crippen LogP contribution is -2.21. The van der Waals surface area contributed by atoms with Gasteiger partial charge >= 0.3 is 5.97 Å². The molecule has 2 amide bonds. The molecule has 6 nitrogen and oxygen atoms in total. The molecule has 2 aromatic rings. The van der Waals surface area contributed by atoms with Crippen LogP contribution < -0.4 is 10.6 Å². The minimum Gasteiger partial charge on any atom is -0.456 e. The molecule has 0 spiro atoms. The maximum Gasteiger partial charge on any atom is 0.306 e. The lowest BCUT2D eigenvalue weighted by molar-refractivity contribution is -0.147. The van der Waals surface area contributed by atoms with E-state index in [1.54, 1.807) is 12.1 Å². The molecule has 2 rings (SSSR count). The van der Waals surface area contributed by atoms with Crippen LogP contribution in [0.15, 0.2) is 48.5 Å². The highest BCUT2D eigenvalue weighted by Crippen LogP contribution is 2.10. The summed E-state index contributed by atoms with van der Waals surface area (Å²) in [6, 6.07) is 12.6. The first-order valence-electron chi connectivity index (χ1n) is 8.56. The third-order valence-electron chi connectivity index (χ3n) is 3.69. The molecule has 0 heterocycles. The fourth-order valence-electron chi connectivity index (χ4n) is 2.21. The monoisotopic (exact) mass is 372 g/mol. The average Bonchev–Trinajstić information content (AvgIpc) is 2.67. The van der Waals surface area contributed by atoms with Crippen LogP contribution in [-0.4, -0.2) is 24.4 Å². The third-order valence-corrected chi connectivity index (χ3v) is 3.69. The van der Waals surface area contributed by atoms with Crippen molar-refractivity contribution in [3.8, 4) is 0 Å². The van der Waals surface area contributed by atoms with Gasteiger partial charge in [0.05, 0.1) is 6.42 Å². The summed E-state index contributed by atoms with van der Waals surface area (Å²) in [5.74, 6) is -1.92. The van der Waals surface area contributed by atoms with E-state index in [4.69, 9.17) is 4.74 Å². The van der Waals surface area contributed by atoms with Crippen molar-refractivity contribution in [3.05, 3.63) is 59.9 Å². The van der Waals surface area contributed by atoms with Crippen LogP contribution in [0, 0.1) is 5.82 Å². The predicted molar refractivity (Wildman–Crippen MR) is 99.7 cm³/mol. The highest BCUT2D eigenvalue weighted by Gasteiger charge is 2.11. The van der Waals surface area contributed by atoms with Gasteiger partial charge in [-0.15, -0.1) is 0 Å². The van der Waals surface area contributed by atoms with Crippen LogP contribution >= 0.6 is 0 Å². The van der Waals surface area contributed by atoms with Crippen LogP contribution in [0.4, 0.5) is 15.8 Å². The van der Waals surface area contributed by atoms with E-state index in [1.165, 1.54) is 24.3 Å². The molecule has 0 aromatic heterocycles. The Morgan fingerprint density at radius 2 is 1.41 bits per heavy atom. The average molecular weight is 372 g/mol. The van der Waals surface area contributed by atoms with E-state index in [0.29, 0.717) is 11.4 Å². The smallest absolute Gasteiger partial charge is 0.306 e. The Kier molecular flexibility index (Phi) is 7.49. The molecule has 0 saturated heterocycles. The standard InChI is InChI=1S/C20H21FN2O4/c1-2-14-3-7-16(8-4-14)23-19(25)13-27-20(26)12-11-18(24)22-17-9-5-15(21)6-10-17/h3-10H,2,11-13H2,1H3,(H,22,24)(H,23,25). The summed E-state index contributed by atoms with van der Waals surface area (Å²) in [6.07, 6.45) is 0.641. The van der Waals surface area contributed by atoms with Gasteiger partial charge in [0.1, 0.15) is 5.82 Å². The molecule has 2 N–H and O–H groups in total. The normalized spacial score (nSPS) is 10.1. The topological polar surface area (TPSA) is 84.5 Å². The van der Waals surface area contributed by atoms with Gasteiger partial charge in [0, 0.05) is 17.8 Å². The zero-order valence-corrected chi connectivity index (χ0v) is 15.0. The molecule has 0 aliphatic carbocycles. The summed E-state index contributed by atoms with van der Waals surface area (Å²) >= 11 is 0. The minimum absolute atomic E-state index is 0.101. The maximum atomic E-state index is 12.8. The molecule has 2 aromatic carbocycles. The van der Waals surface area contributed by atoms with Gasteiger partial charge in [-0.05, 0) is 48.4 Å². The van der Waals surface area contributed by atoms with Crippen molar-refractivity contribution in [1.82, 2.24) is 0 Å². The summed E-state index contributed by atoms with van der Waals surface area (Å²) < 4.78 is 17.6. The number of esters is 1. The van der Waals surface area contributed by atoms with E-state index in [2.05, 4.69) is 10.6 Å². The third kappa shape index (κ3) is 7.27. The Labute approximate surface area is 156 Å². The lowest BCUT2D eigenvalue weighted by Gasteiger charge is -2.08. The number of rotatable bonds is 8. The Balaban J connectivity index is 1.66. The number of nitrogens with one attached hydrogen (secondary N) is 2. The SMILES string of the molecule is CCc1ccc(NC(=O)COC(=O)CCC(=O)Nc2ccc(F)cc2)cc1. The molecule has 0 saturated carbocycles. The zero-order chi connectivity index (χ0) is 19.6. The van der Waals surface area contributed by atoms with Crippen molar-refractivity contribution >= 4 is 29.2 Å². The van der Waals surface area contributed by atoms with Gasteiger partial charge in [-0.25, -0.2) is 4.39 Å². The highest BCUT2D eigenvalue weighted by atomic mass is 19.1. The number of carbonyl (C=O) groups is 3. The second kappa shape index (κ2) is 10.1. The first-order chi connectivity index (χ1) is 13.0. The van der Waals surface area contributed by atoms with Crippen LogP contribution in [0.2, 0.25) is 0 Å². The Hall–Kier alpha value is -3.22. The van der Waals surface area contributed by atoms with Gasteiger partial charge in [-0.1, -0.05) is 19.1 Å². The van der Waals surface area contributed by atoms with Crippen molar-refractivity contribution in [2.24, 2.45) is 0 Å². The van der Waals surface area contributed by atoms with E-state index in [1.807, 2.05) is 19.1 Å². The number of benzene rings is 2. The molecular weight excluding hydrogens is 351 g/mol. The number of hydrogen-bond donors (Lipinski definition) is 2. The number of amides is 2. The summed E-state index contributed by atoms with van der Waals surface area (Å²) in [7, 11) is 0. The molecule has 0 aliphatic heterocycles. The quantitative estimate of drug-likeness (QED) is 0.697. The van der Waals surface area contributed by atoms with Crippen molar-refractivity contribution < 1.29 is 23.5 Å². The number of hydrogen-bond acceptors (Lipinski definition) is 4. The van der Waals surface area contributed by atoms with Crippen LogP contribution in [0.1, 0.15) is 25.3 Å². The fraction of sp³-hybridized carbons (Fsp3) is 0.250. The molecule has 7 heteroatoms. The van der Waals surface area contributed by atoms with E-state index in [9.17, 15) is 18.8 Å².